The molecule has 1 aliphatic rings. The summed E-state index contributed by atoms with van der Waals surface area (Å²) in [6, 6.07) is -0.0818. The monoisotopic (exact) mass is 205 g/mol. The molecule has 0 saturated carbocycles. The van der Waals surface area contributed by atoms with Crippen LogP contribution >= 0.6 is 0 Å². The summed E-state index contributed by atoms with van der Waals surface area (Å²) in [4.78, 5) is 0. The first kappa shape index (κ1) is 11.3. The Balaban J connectivity index is 2.60. The second kappa shape index (κ2) is 4.17. The zero-order valence-corrected chi connectivity index (χ0v) is 8.01. The summed E-state index contributed by atoms with van der Waals surface area (Å²) in [6.45, 7) is 1.79. The standard InChI is InChI=1S/C10H14F3N/c1-7(14)5-8-3-2-4-9(6-8)10(11,12)13/h2-4,7,9H,5-6,14H2,1H3/t7-,9?/m0/s1. The average molecular weight is 205 g/mol. The van der Waals surface area contributed by atoms with Crippen molar-refractivity contribution in [1.82, 2.24) is 0 Å². The quantitative estimate of drug-likeness (QED) is 0.737. The molecule has 0 amide bonds. The van der Waals surface area contributed by atoms with Crippen molar-refractivity contribution in [1.29, 1.82) is 0 Å². The van der Waals surface area contributed by atoms with Crippen molar-refractivity contribution >= 4 is 0 Å². The third-order valence-corrected chi connectivity index (χ3v) is 2.16. The lowest BCUT2D eigenvalue weighted by molar-refractivity contribution is -0.161. The molecule has 1 aliphatic carbocycles. The molecule has 0 aliphatic heterocycles. The Labute approximate surface area is 81.5 Å². The maximum atomic E-state index is 12.3. The van der Waals surface area contributed by atoms with E-state index in [1.165, 1.54) is 12.2 Å². The van der Waals surface area contributed by atoms with Crippen LogP contribution in [0.25, 0.3) is 0 Å². The van der Waals surface area contributed by atoms with E-state index in [0.717, 1.165) is 5.57 Å². The maximum Gasteiger partial charge on any atom is 0.395 e. The minimum atomic E-state index is -4.13. The molecular formula is C10H14F3N. The van der Waals surface area contributed by atoms with Gasteiger partial charge in [-0.2, -0.15) is 13.2 Å². The number of rotatable bonds is 2. The van der Waals surface area contributed by atoms with Crippen LogP contribution in [0.5, 0.6) is 0 Å². The normalized spacial score (nSPS) is 24.6. The van der Waals surface area contributed by atoms with E-state index in [0.29, 0.717) is 6.42 Å². The van der Waals surface area contributed by atoms with Crippen molar-refractivity contribution in [2.24, 2.45) is 11.7 Å². The summed E-state index contributed by atoms with van der Waals surface area (Å²) >= 11 is 0. The molecule has 1 nitrogen and oxygen atoms in total. The molecule has 2 atom stereocenters. The predicted molar refractivity (Wildman–Crippen MR) is 49.7 cm³/mol. The second-order valence-electron chi connectivity index (χ2n) is 3.74. The fourth-order valence-electron chi connectivity index (χ4n) is 1.53. The van der Waals surface area contributed by atoms with Gasteiger partial charge < -0.3 is 5.73 Å². The Kier molecular flexibility index (Phi) is 3.37. The molecule has 0 fully saturated rings. The third-order valence-electron chi connectivity index (χ3n) is 2.16. The number of hydrogen-bond acceptors (Lipinski definition) is 1. The average Bonchev–Trinajstić information content (AvgIpc) is 2.01. The summed E-state index contributed by atoms with van der Waals surface area (Å²) in [6.07, 6.45) is 0.863. The Morgan fingerprint density at radius 1 is 1.57 bits per heavy atom. The van der Waals surface area contributed by atoms with Crippen molar-refractivity contribution in [3.63, 3.8) is 0 Å². The van der Waals surface area contributed by atoms with E-state index in [1.807, 2.05) is 0 Å². The van der Waals surface area contributed by atoms with Gasteiger partial charge in [-0.3, -0.25) is 0 Å². The largest absolute Gasteiger partial charge is 0.395 e. The molecule has 0 aromatic rings. The van der Waals surface area contributed by atoms with Crippen molar-refractivity contribution in [3.05, 3.63) is 23.8 Å². The van der Waals surface area contributed by atoms with E-state index >= 15 is 0 Å². The highest BCUT2D eigenvalue weighted by Gasteiger charge is 2.38. The molecule has 80 valence electrons. The summed E-state index contributed by atoms with van der Waals surface area (Å²) in [5.74, 6) is -1.33. The van der Waals surface area contributed by atoms with Gasteiger partial charge in [0.05, 0.1) is 5.92 Å². The SMILES string of the molecule is C[C@H](N)CC1=CC=CC(C(F)(F)F)C1. The van der Waals surface area contributed by atoms with Gasteiger partial charge in [0.25, 0.3) is 0 Å². The minimum Gasteiger partial charge on any atom is -0.328 e. The van der Waals surface area contributed by atoms with Crippen LogP contribution in [-0.2, 0) is 0 Å². The molecule has 0 radical (unpaired) electrons. The Bertz CT molecular complexity index is 251. The Morgan fingerprint density at radius 2 is 2.21 bits per heavy atom. The first-order valence-electron chi connectivity index (χ1n) is 4.58. The number of halogens is 3. The fraction of sp³-hybridized carbons (Fsp3) is 0.600. The fourth-order valence-corrected chi connectivity index (χ4v) is 1.53. The summed E-state index contributed by atoms with van der Waals surface area (Å²) in [5, 5.41) is 0. The molecule has 0 aromatic heterocycles. The highest BCUT2D eigenvalue weighted by atomic mass is 19.4. The lowest BCUT2D eigenvalue weighted by Gasteiger charge is -2.21. The number of hydrogen-bond donors (Lipinski definition) is 1. The van der Waals surface area contributed by atoms with Crippen LogP contribution in [0.3, 0.4) is 0 Å². The lowest BCUT2D eigenvalue weighted by atomic mass is 9.90. The molecule has 1 rings (SSSR count). The van der Waals surface area contributed by atoms with Gasteiger partial charge in [0.15, 0.2) is 0 Å². The van der Waals surface area contributed by atoms with Gasteiger partial charge in [-0.05, 0) is 19.8 Å². The summed E-state index contributed by atoms with van der Waals surface area (Å²) in [5.41, 5.74) is 6.31. The molecule has 0 spiro atoms. The highest BCUT2D eigenvalue weighted by Crippen LogP contribution is 2.35. The van der Waals surface area contributed by atoms with E-state index in [1.54, 1.807) is 13.0 Å². The smallest absolute Gasteiger partial charge is 0.328 e. The first-order chi connectivity index (χ1) is 6.39. The van der Waals surface area contributed by atoms with Gasteiger partial charge in [0.2, 0.25) is 0 Å². The van der Waals surface area contributed by atoms with E-state index < -0.39 is 12.1 Å². The van der Waals surface area contributed by atoms with E-state index in [2.05, 4.69) is 0 Å². The van der Waals surface area contributed by atoms with Gasteiger partial charge in [-0.1, -0.05) is 23.8 Å². The minimum absolute atomic E-state index is 0.0571. The third kappa shape index (κ3) is 3.18. The number of allylic oxidation sites excluding steroid dienone is 3. The van der Waals surface area contributed by atoms with E-state index in [9.17, 15) is 13.2 Å². The van der Waals surface area contributed by atoms with Crippen LogP contribution in [0.15, 0.2) is 23.8 Å². The van der Waals surface area contributed by atoms with Gasteiger partial charge in [0, 0.05) is 6.04 Å². The molecule has 14 heavy (non-hydrogen) atoms. The van der Waals surface area contributed by atoms with Crippen LogP contribution in [-0.4, -0.2) is 12.2 Å². The van der Waals surface area contributed by atoms with Crippen LogP contribution in [0.4, 0.5) is 13.2 Å². The maximum absolute atomic E-state index is 12.3. The summed E-state index contributed by atoms with van der Waals surface area (Å²) in [7, 11) is 0. The van der Waals surface area contributed by atoms with Crippen LogP contribution < -0.4 is 5.73 Å². The molecule has 0 heterocycles. The van der Waals surface area contributed by atoms with Crippen molar-refractivity contribution < 1.29 is 13.2 Å². The predicted octanol–water partition coefficient (Wildman–Crippen LogP) is 2.79. The van der Waals surface area contributed by atoms with Gasteiger partial charge in [0.1, 0.15) is 0 Å². The van der Waals surface area contributed by atoms with Crippen LogP contribution in [0.1, 0.15) is 19.8 Å². The Hall–Kier alpha value is -0.770. The van der Waals surface area contributed by atoms with E-state index in [4.69, 9.17) is 5.73 Å². The van der Waals surface area contributed by atoms with Gasteiger partial charge in [-0.25, -0.2) is 0 Å². The van der Waals surface area contributed by atoms with Crippen molar-refractivity contribution in [2.45, 2.75) is 32.0 Å². The zero-order chi connectivity index (χ0) is 10.8. The van der Waals surface area contributed by atoms with Crippen LogP contribution in [0.2, 0.25) is 0 Å². The van der Waals surface area contributed by atoms with Crippen molar-refractivity contribution in [3.8, 4) is 0 Å². The van der Waals surface area contributed by atoms with Crippen molar-refractivity contribution in [2.75, 3.05) is 0 Å². The van der Waals surface area contributed by atoms with E-state index in [-0.39, 0.29) is 12.5 Å². The first-order valence-corrected chi connectivity index (χ1v) is 4.58. The van der Waals surface area contributed by atoms with Gasteiger partial charge in [-0.15, -0.1) is 0 Å². The molecule has 4 heteroatoms. The zero-order valence-electron chi connectivity index (χ0n) is 8.01. The molecular weight excluding hydrogens is 191 g/mol. The highest BCUT2D eigenvalue weighted by molar-refractivity contribution is 5.21. The van der Waals surface area contributed by atoms with Crippen LogP contribution in [0, 0.1) is 5.92 Å². The molecule has 0 bridgehead atoms. The van der Waals surface area contributed by atoms with Gasteiger partial charge >= 0.3 is 6.18 Å². The molecule has 0 aromatic carbocycles. The summed E-state index contributed by atoms with van der Waals surface area (Å²) < 4.78 is 37.0. The Morgan fingerprint density at radius 3 is 2.71 bits per heavy atom. The number of alkyl halides is 3. The second-order valence-corrected chi connectivity index (χ2v) is 3.74. The number of nitrogens with two attached hydrogens (primary N) is 1. The molecule has 2 N–H and O–H groups in total. The molecule has 0 saturated heterocycles. The molecule has 1 unspecified atom stereocenters. The lowest BCUT2D eigenvalue weighted by Crippen LogP contribution is -2.24. The topological polar surface area (TPSA) is 26.0 Å².